The van der Waals surface area contributed by atoms with Crippen molar-refractivity contribution in [1.29, 1.82) is 0 Å². The summed E-state index contributed by atoms with van der Waals surface area (Å²) in [5.41, 5.74) is 1.87. The summed E-state index contributed by atoms with van der Waals surface area (Å²) in [7, 11) is -3.70. The molecule has 31 heavy (non-hydrogen) atoms. The number of halogens is 1. The van der Waals surface area contributed by atoms with Gasteiger partial charge >= 0.3 is 0 Å². The lowest BCUT2D eigenvalue weighted by Gasteiger charge is -2.12. The van der Waals surface area contributed by atoms with Crippen molar-refractivity contribution in [2.24, 2.45) is 10.1 Å². The van der Waals surface area contributed by atoms with Crippen LogP contribution in [-0.2, 0) is 29.4 Å². The Hall–Kier alpha value is -2.44. The second kappa shape index (κ2) is 12.4. The van der Waals surface area contributed by atoms with Crippen molar-refractivity contribution < 1.29 is 12.8 Å². The number of furan rings is 1. The van der Waals surface area contributed by atoms with Crippen LogP contribution >= 0.6 is 24.0 Å². The molecule has 0 saturated carbocycles. The van der Waals surface area contributed by atoms with Crippen molar-refractivity contribution in [3.05, 3.63) is 84.1 Å². The molecule has 1 aromatic carbocycles. The van der Waals surface area contributed by atoms with Crippen LogP contribution in [0.1, 0.15) is 17.0 Å². The molecule has 0 unspecified atom stereocenters. The van der Waals surface area contributed by atoms with Crippen molar-refractivity contribution in [2.45, 2.75) is 24.3 Å². The smallest absolute Gasteiger partial charge is 0.238 e. The van der Waals surface area contributed by atoms with Gasteiger partial charge in [0.05, 0.1) is 17.7 Å². The van der Waals surface area contributed by atoms with E-state index >= 15 is 0 Å². The summed E-state index contributed by atoms with van der Waals surface area (Å²) in [6.07, 6.45) is 4.93. The minimum absolute atomic E-state index is 0. The van der Waals surface area contributed by atoms with Crippen LogP contribution < -0.4 is 15.8 Å². The van der Waals surface area contributed by atoms with Gasteiger partial charge in [-0.2, -0.15) is 0 Å². The zero-order chi connectivity index (χ0) is 21.2. The summed E-state index contributed by atoms with van der Waals surface area (Å²) < 4.78 is 28.1. The summed E-state index contributed by atoms with van der Waals surface area (Å²) in [5.74, 6) is 1.56. The fourth-order valence-corrected chi connectivity index (χ4v) is 3.26. The zero-order valence-corrected chi connectivity index (χ0v) is 20.0. The van der Waals surface area contributed by atoms with E-state index in [-0.39, 0.29) is 28.9 Å². The maximum atomic E-state index is 11.4. The second-order valence-electron chi connectivity index (χ2n) is 6.61. The summed E-state index contributed by atoms with van der Waals surface area (Å²) >= 11 is 0. The highest BCUT2D eigenvalue weighted by atomic mass is 127. The zero-order valence-electron chi connectivity index (χ0n) is 16.9. The lowest BCUT2D eigenvalue weighted by atomic mass is 10.2. The number of sulfonamides is 1. The fourth-order valence-electron chi connectivity index (χ4n) is 2.74. The number of aliphatic imine (C=N–C) groups is 1. The van der Waals surface area contributed by atoms with E-state index in [9.17, 15) is 8.42 Å². The summed E-state index contributed by atoms with van der Waals surface area (Å²) in [4.78, 5) is 9.00. The first-order valence-corrected chi connectivity index (χ1v) is 11.1. The van der Waals surface area contributed by atoms with Crippen LogP contribution in [0.4, 0.5) is 0 Å². The van der Waals surface area contributed by atoms with Crippen molar-refractivity contribution >= 4 is 40.0 Å². The minimum Gasteiger partial charge on any atom is -0.469 e. The summed E-state index contributed by atoms with van der Waals surface area (Å²) in [5, 5.41) is 11.7. The van der Waals surface area contributed by atoms with Gasteiger partial charge in [0.15, 0.2) is 5.96 Å². The standard InChI is InChI=1S/C21H25N5O3S.HI/c22-30(27,28)20-8-6-17(7-9-20)16-26-21(25-14-11-19-5-3-15-29-19)24-13-10-18-4-1-2-12-23-18;/h1-9,12,15H,10-11,13-14,16H2,(H2,22,27,28)(H2,24,25,26);1H. The maximum Gasteiger partial charge on any atom is 0.238 e. The summed E-state index contributed by atoms with van der Waals surface area (Å²) in [6.45, 7) is 1.73. The number of hydrogen-bond acceptors (Lipinski definition) is 5. The number of nitrogens with zero attached hydrogens (tertiary/aromatic N) is 2. The van der Waals surface area contributed by atoms with Gasteiger partial charge in [-0.05, 0) is 42.0 Å². The van der Waals surface area contributed by atoms with Gasteiger partial charge in [-0.1, -0.05) is 18.2 Å². The molecular weight excluding hydrogens is 529 g/mol. The Balaban J connectivity index is 0.00000341. The molecule has 0 radical (unpaired) electrons. The molecular formula is C21H26IN5O3S. The van der Waals surface area contributed by atoms with E-state index in [1.807, 2.05) is 30.3 Å². The molecule has 0 aliphatic heterocycles. The number of pyridine rings is 1. The molecule has 3 rings (SSSR count). The van der Waals surface area contributed by atoms with Crippen molar-refractivity contribution in [2.75, 3.05) is 13.1 Å². The van der Waals surface area contributed by atoms with Gasteiger partial charge in [-0.25, -0.2) is 18.5 Å². The first kappa shape index (κ1) is 24.8. The van der Waals surface area contributed by atoms with Crippen molar-refractivity contribution in [3.8, 4) is 0 Å². The molecule has 0 bridgehead atoms. The first-order valence-electron chi connectivity index (χ1n) is 9.57. The molecule has 0 aliphatic carbocycles. The largest absolute Gasteiger partial charge is 0.469 e. The van der Waals surface area contributed by atoms with Gasteiger partial charge < -0.3 is 15.1 Å². The third-order valence-corrected chi connectivity index (χ3v) is 5.24. The van der Waals surface area contributed by atoms with Crippen LogP contribution in [0.5, 0.6) is 0 Å². The highest BCUT2D eigenvalue weighted by molar-refractivity contribution is 14.0. The van der Waals surface area contributed by atoms with E-state index in [1.165, 1.54) is 12.1 Å². The molecule has 3 aromatic rings. The number of aromatic nitrogens is 1. The van der Waals surface area contributed by atoms with Crippen LogP contribution in [0, 0.1) is 0 Å². The van der Waals surface area contributed by atoms with Gasteiger partial charge in [0, 0.05) is 37.8 Å². The normalized spacial score (nSPS) is 11.6. The lowest BCUT2D eigenvalue weighted by molar-refractivity contribution is 0.506. The highest BCUT2D eigenvalue weighted by Crippen LogP contribution is 2.09. The molecule has 4 N–H and O–H groups in total. The molecule has 0 amide bonds. The Bertz CT molecular complexity index is 1040. The third kappa shape index (κ3) is 8.67. The van der Waals surface area contributed by atoms with E-state index in [0.717, 1.165) is 29.9 Å². The molecule has 2 aromatic heterocycles. The number of rotatable bonds is 9. The Morgan fingerprint density at radius 3 is 2.35 bits per heavy atom. The Kier molecular flexibility index (Phi) is 9.95. The molecule has 0 aliphatic rings. The monoisotopic (exact) mass is 555 g/mol. The molecule has 10 heteroatoms. The van der Waals surface area contributed by atoms with Crippen LogP contribution in [0.2, 0.25) is 0 Å². The second-order valence-corrected chi connectivity index (χ2v) is 8.17. The molecule has 0 spiro atoms. The predicted octanol–water partition coefficient (Wildman–Crippen LogP) is 2.46. The average Bonchev–Trinajstić information content (AvgIpc) is 3.25. The van der Waals surface area contributed by atoms with Crippen LogP contribution in [-0.4, -0.2) is 32.5 Å². The van der Waals surface area contributed by atoms with Gasteiger partial charge in [-0.3, -0.25) is 4.98 Å². The minimum atomic E-state index is -3.70. The molecule has 2 heterocycles. The average molecular weight is 555 g/mol. The van der Waals surface area contributed by atoms with Crippen LogP contribution in [0.3, 0.4) is 0 Å². The van der Waals surface area contributed by atoms with Gasteiger partial charge in [-0.15, -0.1) is 24.0 Å². The van der Waals surface area contributed by atoms with Gasteiger partial charge in [0.1, 0.15) is 5.76 Å². The predicted molar refractivity (Wildman–Crippen MR) is 131 cm³/mol. The Labute approximate surface area is 199 Å². The SMILES string of the molecule is I.NS(=O)(=O)c1ccc(CN=C(NCCc2ccccn2)NCCc2ccco2)cc1. The number of nitrogens with two attached hydrogens (primary N) is 1. The number of hydrogen-bond donors (Lipinski definition) is 3. The van der Waals surface area contributed by atoms with Crippen LogP contribution in [0.15, 0.2) is 81.4 Å². The fraction of sp³-hybridized carbons (Fsp3) is 0.238. The van der Waals surface area contributed by atoms with E-state index in [1.54, 1.807) is 24.6 Å². The van der Waals surface area contributed by atoms with Crippen molar-refractivity contribution in [3.63, 3.8) is 0 Å². The molecule has 166 valence electrons. The topological polar surface area (TPSA) is 123 Å². The first-order chi connectivity index (χ1) is 14.5. The van der Waals surface area contributed by atoms with Crippen molar-refractivity contribution in [1.82, 2.24) is 15.6 Å². The number of guanidine groups is 1. The van der Waals surface area contributed by atoms with E-state index in [4.69, 9.17) is 9.56 Å². The number of nitrogens with one attached hydrogen (secondary N) is 2. The van der Waals surface area contributed by atoms with Gasteiger partial charge in [0.25, 0.3) is 0 Å². The van der Waals surface area contributed by atoms with E-state index < -0.39 is 10.0 Å². The maximum absolute atomic E-state index is 11.4. The van der Waals surface area contributed by atoms with Crippen LogP contribution in [0.25, 0.3) is 0 Å². The van der Waals surface area contributed by atoms with E-state index in [0.29, 0.717) is 25.6 Å². The molecule has 0 atom stereocenters. The quantitative estimate of drug-likeness (QED) is 0.212. The number of benzene rings is 1. The highest BCUT2D eigenvalue weighted by Gasteiger charge is 2.07. The lowest BCUT2D eigenvalue weighted by Crippen LogP contribution is -2.39. The van der Waals surface area contributed by atoms with E-state index in [2.05, 4.69) is 20.6 Å². The number of primary sulfonamides is 1. The molecule has 8 nitrogen and oxygen atoms in total. The molecule has 0 saturated heterocycles. The Morgan fingerprint density at radius 2 is 1.74 bits per heavy atom. The van der Waals surface area contributed by atoms with Gasteiger partial charge in [0.2, 0.25) is 10.0 Å². The molecule has 0 fully saturated rings. The third-order valence-electron chi connectivity index (χ3n) is 4.32. The Morgan fingerprint density at radius 1 is 1.00 bits per heavy atom. The summed E-state index contributed by atoms with van der Waals surface area (Å²) in [6, 6.07) is 16.0.